The standard InChI is InChI=1S/C15H19N3O/c16-11-12-3-7-17-14(9-12)18-13-4-8-19-15(10-13)5-1-2-6-15/h3,7,9,13H,1-2,4-6,8,10H2,(H,17,18). The average molecular weight is 257 g/mol. The summed E-state index contributed by atoms with van der Waals surface area (Å²) in [6.45, 7) is 0.829. The Morgan fingerprint density at radius 2 is 2.26 bits per heavy atom. The second-order valence-electron chi connectivity index (χ2n) is 5.61. The Balaban J connectivity index is 1.67. The molecule has 0 radical (unpaired) electrons. The van der Waals surface area contributed by atoms with Gasteiger partial charge in [-0.05, 0) is 37.8 Å². The molecule has 3 rings (SSSR count). The molecule has 2 fully saturated rings. The van der Waals surface area contributed by atoms with E-state index < -0.39 is 0 Å². The molecule has 4 nitrogen and oxygen atoms in total. The topological polar surface area (TPSA) is 57.9 Å². The number of rotatable bonds is 2. The number of aromatic nitrogens is 1. The molecule has 4 heteroatoms. The first kappa shape index (κ1) is 12.4. The highest BCUT2D eigenvalue weighted by Crippen LogP contribution is 2.40. The molecular weight excluding hydrogens is 238 g/mol. The van der Waals surface area contributed by atoms with Crippen LogP contribution in [0.4, 0.5) is 5.82 Å². The van der Waals surface area contributed by atoms with Crippen LogP contribution in [0, 0.1) is 11.3 Å². The molecule has 2 heterocycles. The van der Waals surface area contributed by atoms with Gasteiger partial charge in [0, 0.05) is 18.8 Å². The molecule has 1 aliphatic heterocycles. The summed E-state index contributed by atoms with van der Waals surface area (Å²) in [7, 11) is 0. The van der Waals surface area contributed by atoms with E-state index in [1.807, 2.05) is 6.07 Å². The van der Waals surface area contributed by atoms with Crippen molar-refractivity contribution in [3.05, 3.63) is 23.9 Å². The first-order valence-electron chi connectivity index (χ1n) is 7.06. The van der Waals surface area contributed by atoms with Crippen LogP contribution in [0.25, 0.3) is 0 Å². The SMILES string of the molecule is N#Cc1ccnc(NC2CCOC3(CCCC3)C2)c1. The molecule has 1 atom stereocenters. The summed E-state index contributed by atoms with van der Waals surface area (Å²) < 4.78 is 6.03. The van der Waals surface area contributed by atoms with E-state index in [1.165, 1.54) is 25.7 Å². The van der Waals surface area contributed by atoms with E-state index in [-0.39, 0.29) is 5.60 Å². The quantitative estimate of drug-likeness (QED) is 0.885. The highest BCUT2D eigenvalue weighted by Gasteiger charge is 2.39. The van der Waals surface area contributed by atoms with E-state index >= 15 is 0 Å². The molecule has 1 aliphatic carbocycles. The summed E-state index contributed by atoms with van der Waals surface area (Å²) in [6.07, 6.45) is 8.72. The number of ether oxygens (including phenoxy) is 1. The van der Waals surface area contributed by atoms with Crippen LogP contribution in [0.1, 0.15) is 44.1 Å². The summed E-state index contributed by atoms with van der Waals surface area (Å²) in [5.41, 5.74) is 0.767. The van der Waals surface area contributed by atoms with Crippen molar-refractivity contribution >= 4 is 5.82 Å². The van der Waals surface area contributed by atoms with Crippen LogP contribution < -0.4 is 5.32 Å². The lowest BCUT2D eigenvalue weighted by molar-refractivity contribution is -0.0767. The maximum atomic E-state index is 8.91. The molecule has 1 aromatic heterocycles. The van der Waals surface area contributed by atoms with Crippen LogP contribution in [0.5, 0.6) is 0 Å². The average Bonchev–Trinajstić information content (AvgIpc) is 2.87. The van der Waals surface area contributed by atoms with Gasteiger partial charge in [0.25, 0.3) is 0 Å². The maximum Gasteiger partial charge on any atom is 0.127 e. The number of nitriles is 1. The van der Waals surface area contributed by atoms with E-state index in [1.54, 1.807) is 12.3 Å². The largest absolute Gasteiger partial charge is 0.375 e. The van der Waals surface area contributed by atoms with Gasteiger partial charge in [0.05, 0.1) is 17.2 Å². The Kier molecular flexibility index (Phi) is 3.39. The smallest absolute Gasteiger partial charge is 0.127 e. The summed E-state index contributed by atoms with van der Waals surface area (Å²) in [6, 6.07) is 6.10. The molecule has 0 aromatic carbocycles. The van der Waals surface area contributed by atoms with Crippen molar-refractivity contribution in [2.75, 3.05) is 11.9 Å². The van der Waals surface area contributed by atoms with Crippen molar-refractivity contribution in [1.29, 1.82) is 5.26 Å². The Morgan fingerprint density at radius 1 is 1.42 bits per heavy atom. The minimum absolute atomic E-state index is 0.114. The van der Waals surface area contributed by atoms with Crippen LogP contribution >= 0.6 is 0 Å². The molecule has 100 valence electrons. The van der Waals surface area contributed by atoms with E-state index in [2.05, 4.69) is 16.4 Å². The molecule has 1 unspecified atom stereocenters. The fraction of sp³-hybridized carbons (Fsp3) is 0.600. The minimum atomic E-state index is 0.114. The zero-order chi connectivity index (χ0) is 13.1. The maximum absolute atomic E-state index is 8.91. The number of hydrogen-bond donors (Lipinski definition) is 1. The highest BCUT2D eigenvalue weighted by atomic mass is 16.5. The van der Waals surface area contributed by atoms with Gasteiger partial charge in [-0.25, -0.2) is 4.98 Å². The molecule has 1 N–H and O–H groups in total. The number of nitrogens with one attached hydrogen (secondary N) is 1. The second kappa shape index (κ2) is 5.18. The van der Waals surface area contributed by atoms with Gasteiger partial charge in [0.2, 0.25) is 0 Å². The number of nitrogens with zero attached hydrogens (tertiary/aromatic N) is 2. The molecule has 2 aliphatic rings. The number of pyridine rings is 1. The lowest BCUT2D eigenvalue weighted by atomic mass is 9.89. The summed E-state index contributed by atoms with van der Waals surface area (Å²) in [5.74, 6) is 0.805. The fourth-order valence-electron chi connectivity index (χ4n) is 3.31. The zero-order valence-electron chi connectivity index (χ0n) is 11.1. The number of hydrogen-bond acceptors (Lipinski definition) is 4. The van der Waals surface area contributed by atoms with E-state index in [4.69, 9.17) is 10.00 Å². The molecule has 1 saturated heterocycles. The third kappa shape index (κ3) is 2.71. The Labute approximate surface area is 113 Å². The van der Waals surface area contributed by atoms with Gasteiger partial charge in [-0.1, -0.05) is 12.8 Å². The molecule has 0 amide bonds. The summed E-state index contributed by atoms with van der Waals surface area (Å²) in [4.78, 5) is 4.29. The second-order valence-corrected chi connectivity index (χ2v) is 5.61. The van der Waals surface area contributed by atoms with Gasteiger partial charge < -0.3 is 10.1 Å². The Morgan fingerprint density at radius 3 is 3.05 bits per heavy atom. The predicted octanol–water partition coefficient (Wildman–Crippen LogP) is 2.86. The van der Waals surface area contributed by atoms with Crippen molar-refractivity contribution < 1.29 is 4.74 Å². The zero-order valence-corrected chi connectivity index (χ0v) is 11.1. The van der Waals surface area contributed by atoms with Gasteiger partial charge >= 0.3 is 0 Å². The molecular formula is C15H19N3O. The summed E-state index contributed by atoms with van der Waals surface area (Å²) in [5, 5.41) is 12.4. The van der Waals surface area contributed by atoms with Crippen molar-refractivity contribution in [3.8, 4) is 6.07 Å². The Hall–Kier alpha value is -1.60. The molecule has 1 aromatic rings. The van der Waals surface area contributed by atoms with Crippen LogP contribution in [0.2, 0.25) is 0 Å². The Bertz CT molecular complexity index is 488. The van der Waals surface area contributed by atoms with Crippen molar-refractivity contribution in [2.24, 2.45) is 0 Å². The summed E-state index contributed by atoms with van der Waals surface area (Å²) >= 11 is 0. The van der Waals surface area contributed by atoms with Gasteiger partial charge in [-0.15, -0.1) is 0 Å². The third-order valence-corrected chi connectivity index (χ3v) is 4.25. The van der Waals surface area contributed by atoms with Gasteiger partial charge in [0.15, 0.2) is 0 Å². The number of anilines is 1. The fourth-order valence-corrected chi connectivity index (χ4v) is 3.31. The lowest BCUT2D eigenvalue weighted by Gasteiger charge is -2.38. The van der Waals surface area contributed by atoms with Crippen LogP contribution in [0.15, 0.2) is 18.3 Å². The molecule has 0 bridgehead atoms. The predicted molar refractivity (Wildman–Crippen MR) is 72.7 cm³/mol. The van der Waals surface area contributed by atoms with Crippen LogP contribution in [-0.4, -0.2) is 23.2 Å². The third-order valence-electron chi connectivity index (χ3n) is 4.25. The van der Waals surface area contributed by atoms with Crippen LogP contribution in [0.3, 0.4) is 0 Å². The van der Waals surface area contributed by atoms with Crippen molar-refractivity contribution in [2.45, 2.75) is 50.2 Å². The van der Waals surface area contributed by atoms with Crippen LogP contribution in [-0.2, 0) is 4.74 Å². The molecule has 1 spiro atoms. The van der Waals surface area contributed by atoms with Crippen molar-refractivity contribution in [3.63, 3.8) is 0 Å². The first-order valence-corrected chi connectivity index (χ1v) is 7.06. The first-order chi connectivity index (χ1) is 9.30. The van der Waals surface area contributed by atoms with E-state index in [0.29, 0.717) is 11.6 Å². The lowest BCUT2D eigenvalue weighted by Crippen LogP contribution is -2.42. The van der Waals surface area contributed by atoms with Crippen molar-refractivity contribution in [1.82, 2.24) is 4.98 Å². The van der Waals surface area contributed by atoms with E-state index in [9.17, 15) is 0 Å². The highest BCUT2D eigenvalue weighted by molar-refractivity contribution is 5.43. The van der Waals surface area contributed by atoms with E-state index in [0.717, 1.165) is 25.3 Å². The van der Waals surface area contributed by atoms with Gasteiger partial charge in [-0.3, -0.25) is 0 Å². The van der Waals surface area contributed by atoms with Gasteiger partial charge in [-0.2, -0.15) is 5.26 Å². The normalized spacial score (nSPS) is 25.1. The molecule has 1 saturated carbocycles. The minimum Gasteiger partial charge on any atom is -0.375 e. The van der Waals surface area contributed by atoms with Gasteiger partial charge in [0.1, 0.15) is 5.82 Å². The monoisotopic (exact) mass is 257 g/mol. The molecule has 19 heavy (non-hydrogen) atoms.